The standard InChI is InChI=1S/C14H14BrClN2O/c15-12-9-10(16)4-5-11(12)13-6-7-18(17-13)14-3-1-2-8-19-14/h4-7,9,14H,1-3,8H2. The van der Waals surface area contributed by atoms with Crippen LogP contribution in [0.5, 0.6) is 0 Å². The van der Waals surface area contributed by atoms with Crippen LogP contribution in [0, 0.1) is 0 Å². The summed E-state index contributed by atoms with van der Waals surface area (Å²) < 4.78 is 8.60. The summed E-state index contributed by atoms with van der Waals surface area (Å²) >= 11 is 9.48. The minimum absolute atomic E-state index is 0.0774. The van der Waals surface area contributed by atoms with Gasteiger partial charge in [0, 0.05) is 27.9 Å². The zero-order chi connectivity index (χ0) is 13.2. The molecule has 1 aromatic heterocycles. The summed E-state index contributed by atoms with van der Waals surface area (Å²) in [4.78, 5) is 0. The molecular formula is C14H14BrClN2O. The van der Waals surface area contributed by atoms with Crippen LogP contribution in [0.2, 0.25) is 5.02 Å². The van der Waals surface area contributed by atoms with E-state index in [1.165, 1.54) is 6.42 Å². The monoisotopic (exact) mass is 340 g/mol. The molecule has 0 spiro atoms. The van der Waals surface area contributed by atoms with E-state index in [2.05, 4.69) is 21.0 Å². The summed E-state index contributed by atoms with van der Waals surface area (Å²) in [5, 5.41) is 5.33. The van der Waals surface area contributed by atoms with Gasteiger partial charge < -0.3 is 4.74 Å². The Hall–Kier alpha value is -0.840. The molecule has 5 heteroatoms. The predicted octanol–water partition coefficient (Wildman–Crippen LogP) is 4.67. The van der Waals surface area contributed by atoms with Crippen LogP contribution < -0.4 is 0 Å². The first-order valence-electron chi connectivity index (χ1n) is 6.36. The number of halogens is 2. The summed E-state index contributed by atoms with van der Waals surface area (Å²) in [5.74, 6) is 0. The van der Waals surface area contributed by atoms with Crippen LogP contribution in [-0.4, -0.2) is 16.4 Å². The Labute approximate surface area is 125 Å². The minimum atomic E-state index is 0.0774. The molecule has 1 atom stereocenters. The number of benzene rings is 1. The average Bonchev–Trinajstić information content (AvgIpc) is 2.89. The topological polar surface area (TPSA) is 27.1 Å². The van der Waals surface area contributed by atoms with Crippen molar-refractivity contribution < 1.29 is 4.74 Å². The van der Waals surface area contributed by atoms with Gasteiger partial charge in [0.15, 0.2) is 0 Å². The molecule has 1 aliphatic rings. The first-order valence-corrected chi connectivity index (χ1v) is 7.53. The summed E-state index contributed by atoms with van der Waals surface area (Å²) in [6.45, 7) is 0.824. The van der Waals surface area contributed by atoms with E-state index in [0.717, 1.165) is 35.2 Å². The number of nitrogens with zero attached hydrogens (tertiary/aromatic N) is 2. The van der Waals surface area contributed by atoms with E-state index >= 15 is 0 Å². The van der Waals surface area contributed by atoms with Crippen molar-refractivity contribution in [3.05, 3.63) is 40.0 Å². The van der Waals surface area contributed by atoms with Crippen LogP contribution in [0.15, 0.2) is 34.9 Å². The van der Waals surface area contributed by atoms with Crippen LogP contribution in [0.4, 0.5) is 0 Å². The van der Waals surface area contributed by atoms with Gasteiger partial charge in [0.1, 0.15) is 6.23 Å². The van der Waals surface area contributed by atoms with Crippen molar-refractivity contribution in [1.29, 1.82) is 0 Å². The quantitative estimate of drug-likeness (QED) is 0.794. The third-order valence-electron chi connectivity index (χ3n) is 3.27. The minimum Gasteiger partial charge on any atom is -0.357 e. The van der Waals surface area contributed by atoms with Gasteiger partial charge in [-0.3, -0.25) is 0 Å². The van der Waals surface area contributed by atoms with Crippen molar-refractivity contribution in [2.75, 3.05) is 6.61 Å². The molecule has 1 saturated heterocycles. The van der Waals surface area contributed by atoms with Crippen LogP contribution in [0.1, 0.15) is 25.5 Å². The molecule has 0 aliphatic carbocycles. The molecule has 0 radical (unpaired) electrons. The molecule has 1 unspecified atom stereocenters. The molecule has 19 heavy (non-hydrogen) atoms. The number of ether oxygens (including phenoxy) is 1. The Bertz CT molecular complexity index is 579. The molecule has 1 aliphatic heterocycles. The molecule has 0 bridgehead atoms. The Morgan fingerprint density at radius 1 is 1.32 bits per heavy atom. The maximum atomic E-state index is 5.96. The van der Waals surface area contributed by atoms with Crippen molar-refractivity contribution in [2.24, 2.45) is 0 Å². The summed E-state index contributed by atoms with van der Waals surface area (Å²) in [6, 6.07) is 7.73. The highest BCUT2D eigenvalue weighted by molar-refractivity contribution is 9.10. The fourth-order valence-electron chi connectivity index (χ4n) is 2.27. The Morgan fingerprint density at radius 2 is 2.21 bits per heavy atom. The second-order valence-corrected chi connectivity index (χ2v) is 5.92. The lowest BCUT2D eigenvalue weighted by Crippen LogP contribution is -2.18. The molecule has 1 aromatic carbocycles. The van der Waals surface area contributed by atoms with E-state index in [1.807, 2.05) is 35.1 Å². The molecule has 0 saturated carbocycles. The van der Waals surface area contributed by atoms with Gasteiger partial charge in [0.25, 0.3) is 0 Å². The van der Waals surface area contributed by atoms with E-state index in [1.54, 1.807) is 0 Å². The van der Waals surface area contributed by atoms with Gasteiger partial charge in [-0.15, -0.1) is 0 Å². The lowest BCUT2D eigenvalue weighted by molar-refractivity contribution is -0.0393. The zero-order valence-corrected chi connectivity index (χ0v) is 12.7. The van der Waals surface area contributed by atoms with E-state index in [-0.39, 0.29) is 6.23 Å². The van der Waals surface area contributed by atoms with Crippen molar-refractivity contribution in [1.82, 2.24) is 9.78 Å². The fraction of sp³-hybridized carbons (Fsp3) is 0.357. The summed E-state index contributed by atoms with van der Waals surface area (Å²) in [7, 11) is 0. The lowest BCUT2D eigenvalue weighted by atomic mass is 10.2. The lowest BCUT2D eigenvalue weighted by Gasteiger charge is -2.22. The van der Waals surface area contributed by atoms with E-state index in [4.69, 9.17) is 16.3 Å². The van der Waals surface area contributed by atoms with Crippen LogP contribution in [0.3, 0.4) is 0 Å². The normalized spacial score (nSPS) is 19.6. The van der Waals surface area contributed by atoms with E-state index in [9.17, 15) is 0 Å². The Kier molecular flexibility index (Phi) is 3.91. The maximum absolute atomic E-state index is 5.96. The Morgan fingerprint density at radius 3 is 2.95 bits per heavy atom. The third kappa shape index (κ3) is 2.86. The van der Waals surface area contributed by atoms with Gasteiger partial charge in [-0.1, -0.05) is 33.6 Å². The van der Waals surface area contributed by atoms with Crippen molar-refractivity contribution >= 4 is 27.5 Å². The third-order valence-corrected chi connectivity index (χ3v) is 4.16. The van der Waals surface area contributed by atoms with Gasteiger partial charge in [0.2, 0.25) is 0 Å². The van der Waals surface area contributed by atoms with Crippen LogP contribution >= 0.6 is 27.5 Å². The number of aromatic nitrogens is 2. The van der Waals surface area contributed by atoms with Gasteiger partial charge in [-0.2, -0.15) is 5.10 Å². The highest BCUT2D eigenvalue weighted by atomic mass is 79.9. The van der Waals surface area contributed by atoms with E-state index in [0.29, 0.717) is 5.02 Å². The maximum Gasteiger partial charge on any atom is 0.150 e. The van der Waals surface area contributed by atoms with Gasteiger partial charge in [-0.25, -0.2) is 4.68 Å². The molecule has 2 heterocycles. The number of rotatable bonds is 2. The largest absolute Gasteiger partial charge is 0.357 e. The molecule has 0 N–H and O–H groups in total. The SMILES string of the molecule is Clc1ccc(-c2ccn(C3CCCCO3)n2)c(Br)c1. The van der Waals surface area contributed by atoms with Crippen molar-refractivity contribution in [3.63, 3.8) is 0 Å². The summed E-state index contributed by atoms with van der Waals surface area (Å²) in [6.07, 6.45) is 5.43. The molecule has 100 valence electrons. The van der Waals surface area contributed by atoms with Gasteiger partial charge in [-0.05, 0) is 37.5 Å². The zero-order valence-electron chi connectivity index (χ0n) is 10.4. The summed E-state index contributed by atoms with van der Waals surface area (Å²) in [5.41, 5.74) is 1.97. The second-order valence-electron chi connectivity index (χ2n) is 4.63. The molecular weight excluding hydrogens is 328 g/mol. The second kappa shape index (κ2) is 5.65. The van der Waals surface area contributed by atoms with Crippen LogP contribution in [-0.2, 0) is 4.74 Å². The Balaban J connectivity index is 1.87. The van der Waals surface area contributed by atoms with E-state index < -0.39 is 0 Å². The highest BCUT2D eigenvalue weighted by Crippen LogP contribution is 2.30. The van der Waals surface area contributed by atoms with Gasteiger partial charge >= 0.3 is 0 Å². The fourth-order valence-corrected chi connectivity index (χ4v) is 3.16. The molecule has 3 nitrogen and oxygen atoms in total. The predicted molar refractivity (Wildman–Crippen MR) is 79.2 cm³/mol. The van der Waals surface area contributed by atoms with Crippen molar-refractivity contribution in [2.45, 2.75) is 25.5 Å². The molecule has 3 rings (SSSR count). The molecule has 1 fully saturated rings. The average molecular weight is 342 g/mol. The first-order chi connectivity index (χ1) is 9.24. The molecule has 2 aromatic rings. The smallest absolute Gasteiger partial charge is 0.150 e. The van der Waals surface area contributed by atoms with Crippen molar-refractivity contribution in [3.8, 4) is 11.3 Å². The highest BCUT2D eigenvalue weighted by Gasteiger charge is 2.17. The van der Waals surface area contributed by atoms with Crippen LogP contribution in [0.25, 0.3) is 11.3 Å². The number of hydrogen-bond donors (Lipinski definition) is 0. The number of hydrogen-bond acceptors (Lipinski definition) is 2. The van der Waals surface area contributed by atoms with Gasteiger partial charge in [0.05, 0.1) is 5.69 Å². The first kappa shape index (κ1) is 13.2. The molecule has 0 amide bonds.